The zero-order valence-corrected chi connectivity index (χ0v) is 13.9. The number of fused-ring (bicyclic) bond motifs is 4. The lowest BCUT2D eigenvalue weighted by Crippen LogP contribution is -2.47. The summed E-state index contributed by atoms with van der Waals surface area (Å²) in [5.41, 5.74) is 0.258. The number of hydrogen-bond donors (Lipinski definition) is 0. The Morgan fingerprint density at radius 3 is 2.73 bits per heavy atom. The summed E-state index contributed by atoms with van der Waals surface area (Å²) in [5, 5.41) is 0. The van der Waals surface area contributed by atoms with Gasteiger partial charge in [0, 0.05) is 12.3 Å². The average molecular weight is 300 g/mol. The Morgan fingerprint density at radius 1 is 1.18 bits per heavy atom. The molecule has 7 atom stereocenters. The summed E-state index contributed by atoms with van der Waals surface area (Å²) in [7, 11) is 0. The molecule has 0 aromatic heterocycles. The predicted molar refractivity (Wildman–Crippen MR) is 86.2 cm³/mol. The first kappa shape index (κ1) is 14.7. The highest BCUT2D eigenvalue weighted by molar-refractivity contribution is 5.90. The summed E-state index contributed by atoms with van der Waals surface area (Å²) in [5.74, 6) is 4.57. The summed E-state index contributed by atoms with van der Waals surface area (Å²) in [6.07, 6.45) is 12.3. The van der Waals surface area contributed by atoms with Crippen LogP contribution in [-0.2, 0) is 9.59 Å². The summed E-state index contributed by atoms with van der Waals surface area (Å²) >= 11 is 0. The minimum atomic E-state index is 0.258. The van der Waals surface area contributed by atoms with Gasteiger partial charge in [0.1, 0.15) is 5.78 Å². The van der Waals surface area contributed by atoms with Crippen LogP contribution in [-0.4, -0.2) is 11.6 Å². The lowest BCUT2D eigenvalue weighted by Gasteiger charge is -2.53. The maximum Gasteiger partial charge on any atom is 0.155 e. The first-order chi connectivity index (χ1) is 10.5. The molecule has 2 nitrogen and oxygen atoms in total. The first-order valence-corrected chi connectivity index (χ1v) is 9.20. The van der Waals surface area contributed by atoms with Crippen molar-refractivity contribution < 1.29 is 9.59 Å². The van der Waals surface area contributed by atoms with E-state index >= 15 is 0 Å². The average Bonchev–Trinajstić information content (AvgIpc) is 2.80. The van der Waals surface area contributed by atoms with Gasteiger partial charge in [-0.05, 0) is 86.5 Å². The van der Waals surface area contributed by atoms with E-state index in [2.05, 4.69) is 13.0 Å². The van der Waals surface area contributed by atoms with Crippen LogP contribution < -0.4 is 0 Å². The van der Waals surface area contributed by atoms with Crippen LogP contribution in [0.5, 0.6) is 0 Å². The van der Waals surface area contributed by atoms with E-state index in [-0.39, 0.29) is 5.41 Å². The van der Waals surface area contributed by atoms with Crippen LogP contribution in [0.4, 0.5) is 0 Å². The molecule has 0 heterocycles. The van der Waals surface area contributed by atoms with Crippen molar-refractivity contribution >= 4 is 11.6 Å². The predicted octanol–water partition coefficient (Wildman–Crippen LogP) is 4.19. The largest absolute Gasteiger partial charge is 0.300 e. The second kappa shape index (κ2) is 5.04. The molecule has 3 saturated carbocycles. The molecule has 4 rings (SSSR count). The van der Waals surface area contributed by atoms with Gasteiger partial charge in [-0.15, -0.1) is 0 Å². The van der Waals surface area contributed by atoms with Gasteiger partial charge in [0.15, 0.2) is 5.78 Å². The molecule has 3 fully saturated rings. The highest BCUT2D eigenvalue weighted by atomic mass is 16.1. The van der Waals surface area contributed by atoms with E-state index in [0.29, 0.717) is 29.3 Å². The Hall–Kier alpha value is -0.920. The SMILES string of the molecule is CC(=O)[C@H]1CC[C@H]2C[C@@H]3[C@H](CC[C@@H]4CC(=O)C=C[C@@H]43)C[C@@]21C. The Balaban J connectivity index is 1.60. The van der Waals surface area contributed by atoms with Crippen LogP contribution in [0.2, 0.25) is 0 Å². The second-order valence-corrected chi connectivity index (χ2v) is 8.75. The van der Waals surface area contributed by atoms with E-state index in [1.54, 1.807) is 6.92 Å². The third-order valence-corrected chi connectivity index (χ3v) is 7.80. The third kappa shape index (κ3) is 2.06. The summed E-state index contributed by atoms with van der Waals surface area (Å²) in [6.45, 7) is 4.20. The molecule has 0 spiro atoms. The zero-order valence-electron chi connectivity index (χ0n) is 13.9. The zero-order chi connectivity index (χ0) is 15.5. The molecule has 0 saturated heterocycles. The molecule has 22 heavy (non-hydrogen) atoms. The van der Waals surface area contributed by atoms with Gasteiger partial charge < -0.3 is 0 Å². The quantitative estimate of drug-likeness (QED) is 0.727. The van der Waals surface area contributed by atoms with Crippen LogP contribution in [0.3, 0.4) is 0 Å². The van der Waals surface area contributed by atoms with Crippen molar-refractivity contribution in [3.05, 3.63) is 12.2 Å². The molecule has 0 aliphatic heterocycles. The van der Waals surface area contributed by atoms with Gasteiger partial charge in [0.2, 0.25) is 0 Å². The normalized spacial score (nSPS) is 50.2. The van der Waals surface area contributed by atoms with E-state index in [9.17, 15) is 9.59 Å². The van der Waals surface area contributed by atoms with Gasteiger partial charge in [0.25, 0.3) is 0 Å². The van der Waals surface area contributed by atoms with Crippen LogP contribution in [0.25, 0.3) is 0 Å². The van der Waals surface area contributed by atoms with E-state index < -0.39 is 0 Å². The summed E-state index contributed by atoms with van der Waals surface area (Å²) in [4.78, 5) is 23.8. The number of rotatable bonds is 1. The molecule has 4 aliphatic rings. The highest BCUT2D eigenvalue weighted by Crippen LogP contribution is 2.62. The maximum atomic E-state index is 12.1. The lowest BCUT2D eigenvalue weighted by atomic mass is 9.51. The standard InChI is InChI=1S/C20H28O2/c1-12(21)19-8-5-15-10-18-14(11-20(15,19)2)4-3-13-9-16(22)6-7-17(13)18/h6-7,13-15,17-19H,3-5,8-11H2,1-2H3/t13-,14-,15+,17+,18-,19-,20+/m1/s1. The van der Waals surface area contributed by atoms with E-state index in [0.717, 1.165) is 30.6 Å². The van der Waals surface area contributed by atoms with E-state index in [4.69, 9.17) is 0 Å². The summed E-state index contributed by atoms with van der Waals surface area (Å²) < 4.78 is 0. The fourth-order valence-electron chi connectivity index (χ4n) is 6.75. The van der Waals surface area contributed by atoms with Gasteiger partial charge in [-0.2, -0.15) is 0 Å². The molecule has 2 heteroatoms. The van der Waals surface area contributed by atoms with Crippen molar-refractivity contribution in [3.63, 3.8) is 0 Å². The fourth-order valence-corrected chi connectivity index (χ4v) is 6.75. The molecule has 4 aliphatic carbocycles. The number of carbonyl (C=O) groups excluding carboxylic acids is 2. The van der Waals surface area contributed by atoms with Crippen molar-refractivity contribution in [3.8, 4) is 0 Å². The van der Waals surface area contributed by atoms with Gasteiger partial charge in [-0.1, -0.05) is 13.0 Å². The third-order valence-electron chi connectivity index (χ3n) is 7.80. The highest BCUT2D eigenvalue weighted by Gasteiger charge is 2.56. The Morgan fingerprint density at radius 2 is 1.95 bits per heavy atom. The molecule has 0 radical (unpaired) electrons. The fraction of sp³-hybridized carbons (Fsp3) is 0.800. The smallest absolute Gasteiger partial charge is 0.155 e. The molecular formula is C20H28O2. The van der Waals surface area contributed by atoms with Crippen molar-refractivity contribution in [2.24, 2.45) is 40.9 Å². The molecule has 0 aromatic carbocycles. The van der Waals surface area contributed by atoms with Crippen LogP contribution in [0.15, 0.2) is 12.2 Å². The number of hydrogen-bond acceptors (Lipinski definition) is 2. The lowest BCUT2D eigenvalue weighted by molar-refractivity contribution is -0.127. The molecule has 0 N–H and O–H groups in total. The van der Waals surface area contributed by atoms with Crippen molar-refractivity contribution in [2.75, 3.05) is 0 Å². The van der Waals surface area contributed by atoms with Gasteiger partial charge in [0.05, 0.1) is 0 Å². The van der Waals surface area contributed by atoms with Crippen molar-refractivity contribution in [1.82, 2.24) is 0 Å². The first-order valence-electron chi connectivity index (χ1n) is 9.20. The molecule has 0 unspecified atom stereocenters. The molecular weight excluding hydrogens is 272 g/mol. The van der Waals surface area contributed by atoms with E-state index in [1.807, 2.05) is 6.08 Å². The minimum Gasteiger partial charge on any atom is -0.300 e. The van der Waals surface area contributed by atoms with Crippen LogP contribution in [0.1, 0.15) is 58.8 Å². The second-order valence-electron chi connectivity index (χ2n) is 8.75. The van der Waals surface area contributed by atoms with Crippen LogP contribution in [0, 0.1) is 40.9 Å². The van der Waals surface area contributed by atoms with E-state index in [1.165, 1.54) is 32.1 Å². The van der Waals surface area contributed by atoms with Crippen LogP contribution >= 0.6 is 0 Å². The Kier molecular flexibility index (Phi) is 3.36. The minimum absolute atomic E-state index is 0.258. The van der Waals surface area contributed by atoms with Gasteiger partial charge in [-0.25, -0.2) is 0 Å². The monoisotopic (exact) mass is 300 g/mol. The van der Waals surface area contributed by atoms with Crippen molar-refractivity contribution in [2.45, 2.75) is 58.8 Å². The Labute approximate surface area is 133 Å². The molecule has 0 amide bonds. The number of Topliss-reactive ketones (excluding diaryl/α,β-unsaturated/α-hetero) is 1. The summed E-state index contributed by atoms with van der Waals surface area (Å²) in [6, 6.07) is 0. The molecule has 0 bridgehead atoms. The molecule has 120 valence electrons. The topological polar surface area (TPSA) is 34.1 Å². The van der Waals surface area contributed by atoms with Gasteiger partial charge >= 0.3 is 0 Å². The maximum absolute atomic E-state index is 12.1. The molecule has 0 aromatic rings. The Bertz CT molecular complexity index is 534. The van der Waals surface area contributed by atoms with Crippen molar-refractivity contribution in [1.29, 1.82) is 0 Å². The van der Waals surface area contributed by atoms with Gasteiger partial charge in [-0.3, -0.25) is 9.59 Å². The number of carbonyl (C=O) groups is 2. The number of allylic oxidation sites excluding steroid dienone is 2. The number of ketones is 2.